The molecule has 0 radical (unpaired) electrons. The molecule has 4 rings (SSSR count). The molecular weight excluding hydrogens is 346 g/mol. The van der Waals surface area contributed by atoms with Gasteiger partial charge in [-0.1, -0.05) is 19.3 Å². The van der Waals surface area contributed by atoms with Crippen molar-refractivity contribution in [1.82, 2.24) is 9.88 Å². The molecule has 3 fully saturated rings. The number of anilines is 1. The highest BCUT2D eigenvalue weighted by atomic mass is 32.1. The number of nitrogens with two attached hydrogens (primary N) is 1. The van der Waals surface area contributed by atoms with Crippen molar-refractivity contribution in [1.29, 1.82) is 0 Å². The smallest absolute Gasteiger partial charge is 0.191 e. The number of nitrogens with zero attached hydrogens (tertiary/aromatic N) is 4. The van der Waals surface area contributed by atoms with Gasteiger partial charge in [-0.2, -0.15) is 0 Å². The van der Waals surface area contributed by atoms with Crippen LogP contribution in [0.2, 0.25) is 0 Å². The summed E-state index contributed by atoms with van der Waals surface area (Å²) < 4.78 is 6.05. The van der Waals surface area contributed by atoms with E-state index < -0.39 is 0 Å². The average Bonchev–Trinajstić information content (AvgIpc) is 3.23. The Kier molecular flexibility index (Phi) is 5.36. The maximum atomic E-state index is 6.44. The molecule has 2 heterocycles. The van der Waals surface area contributed by atoms with Crippen LogP contribution in [0.15, 0.2) is 16.6 Å². The van der Waals surface area contributed by atoms with Gasteiger partial charge in [0, 0.05) is 49.8 Å². The van der Waals surface area contributed by atoms with Crippen molar-refractivity contribution in [3.8, 4) is 0 Å². The second kappa shape index (κ2) is 7.72. The van der Waals surface area contributed by atoms with Crippen LogP contribution in [0.4, 0.5) is 5.13 Å². The van der Waals surface area contributed by atoms with Gasteiger partial charge in [0.1, 0.15) is 0 Å². The topological polar surface area (TPSA) is 67.0 Å². The van der Waals surface area contributed by atoms with E-state index in [1.54, 1.807) is 11.3 Å². The van der Waals surface area contributed by atoms with Gasteiger partial charge in [-0.3, -0.25) is 0 Å². The number of aromatic nitrogens is 1. The summed E-state index contributed by atoms with van der Waals surface area (Å²) in [6, 6.07) is 0.344. The molecule has 144 valence electrons. The van der Waals surface area contributed by atoms with Crippen LogP contribution >= 0.6 is 11.3 Å². The Labute approximate surface area is 160 Å². The van der Waals surface area contributed by atoms with Gasteiger partial charge in [0.15, 0.2) is 11.1 Å². The standard InChI is InChI=1S/C19H31N5OS/c1-2-25-16-14-15(19(16)6-4-3-5-7-19)22-17(20)23-9-11-24(12-10-23)18-21-8-13-26-18/h8,13,15-16H,2-7,9-12,14H2,1H3,(H2,20,22). The molecule has 2 aliphatic carbocycles. The van der Waals surface area contributed by atoms with Crippen molar-refractivity contribution in [3.05, 3.63) is 11.6 Å². The highest BCUT2D eigenvalue weighted by Gasteiger charge is 2.56. The van der Waals surface area contributed by atoms with Crippen LogP contribution in [0.25, 0.3) is 0 Å². The summed E-state index contributed by atoms with van der Waals surface area (Å²) in [6.07, 6.45) is 9.75. The van der Waals surface area contributed by atoms with Gasteiger partial charge in [-0.25, -0.2) is 9.98 Å². The molecule has 1 aliphatic heterocycles. The van der Waals surface area contributed by atoms with Gasteiger partial charge in [-0.05, 0) is 26.2 Å². The Balaban J connectivity index is 1.38. The summed E-state index contributed by atoms with van der Waals surface area (Å²) >= 11 is 1.70. The van der Waals surface area contributed by atoms with Crippen molar-refractivity contribution < 1.29 is 4.74 Å². The zero-order valence-electron chi connectivity index (χ0n) is 15.8. The fraction of sp³-hybridized carbons (Fsp3) is 0.789. The minimum atomic E-state index is 0.252. The lowest BCUT2D eigenvalue weighted by Gasteiger charge is -2.56. The molecule has 1 aromatic heterocycles. The first-order valence-electron chi connectivity index (χ1n) is 10.1. The number of aliphatic imine (C=N–C) groups is 1. The van der Waals surface area contributed by atoms with E-state index in [2.05, 4.69) is 21.7 Å². The zero-order chi connectivity index (χ0) is 18.0. The molecule has 0 aromatic carbocycles. The maximum absolute atomic E-state index is 6.44. The zero-order valence-corrected chi connectivity index (χ0v) is 16.6. The summed E-state index contributed by atoms with van der Waals surface area (Å²) in [7, 11) is 0. The van der Waals surface area contributed by atoms with Crippen molar-refractivity contribution in [2.45, 2.75) is 57.6 Å². The molecule has 2 unspecified atom stereocenters. The molecule has 2 saturated carbocycles. The number of thiazole rings is 1. The quantitative estimate of drug-likeness (QED) is 0.645. The molecular formula is C19H31N5OS. The molecule has 1 saturated heterocycles. The lowest BCUT2D eigenvalue weighted by molar-refractivity contribution is -0.139. The third kappa shape index (κ3) is 3.31. The van der Waals surface area contributed by atoms with E-state index in [1.165, 1.54) is 32.1 Å². The van der Waals surface area contributed by atoms with E-state index in [4.69, 9.17) is 15.5 Å². The van der Waals surface area contributed by atoms with Crippen molar-refractivity contribution in [2.75, 3.05) is 37.7 Å². The number of ether oxygens (including phenoxy) is 1. The molecule has 0 bridgehead atoms. The Bertz CT molecular complexity index is 605. The molecule has 1 aromatic rings. The van der Waals surface area contributed by atoms with Gasteiger partial charge >= 0.3 is 0 Å². The van der Waals surface area contributed by atoms with Gasteiger partial charge in [-0.15, -0.1) is 11.3 Å². The lowest BCUT2D eigenvalue weighted by atomic mass is 9.55. The van der Waals surface area contributed by atoms with E-state index in [0.29, 0.717) is 12.1 Å². The minimum Gasteiger partial charge on any atom is -0.378 e. The summed E-state index contributed by atoms with van der Waals surface area (Å²) in [5.41, 5.74) is 6.69. The second-order valence-corrected chi connectivity index (χ2v) is 8.64. The van der Waals surface area contributed by atoms with E-state index in [-0.39, 0.29) is 5.41 Å². The molecule has 3 aliphatic rings. The third-order valence-corrected chi connectivity index (χ3v) is 7.31. The summed E-state index contributed by atoms with van der Waals surface area (Å²) in [4.78, 5) is 14.0. The predicted octanol–water partition coefficient (Wildman–Crippen LogP) is 2.71. The summed E-state index contributed by atoms with van der Waals surface area (Å²) in [5, 5.41) is 3.15. The Hall–Kier alpha value is -1.34. The maximum Gasteiger partial charge on any atom is 0.191 e. The highest BCUT2D eigenvalue weighted by molar-refractivity contribution is 7.13. The number of guanidine groups is 1. The fourth-order valence-corrected chi connectivity index (χ4v) is 5.64. The van der Waals surface area contributed by atoms with Crippen LogP contribution in [0, 0.1) is 5.41 Å². The van der Waals surface area contributed by atoms with Crippen LogP contribution in [0.1, 0.15) is 45.4 Å². The fourth-order valence-electron chi connectivity index (χ4n) is 4.95. The molecule has 7 heteroatoms. The Morgan fingerprint density at radius 1 is 1.31 bits per heavy atom. The lowest BCUT2D eigenvalue weighted by Crippen LogP contribution is -2.59. The van der Waals surface area contributed by atoms with Crippen molar-refractivity contribution in [2.24, 2.45) is 16.1 Å². The Morgan fingerprint density at radius 3 is 2.73 bits per heavy atom. The molecule has 1 spiro atoms. The number of hydrogen-bond acceptors (Lipinski definition) is 5. The molecule has 26 heavy (non-hydrogen) atoms. The summed E-state index contributed by atoms with van der Waals surface area (Å²) in [6.45, 7) is 6.66. The number of piperazine rings is 1. The number of hydrogen-bond donors (Lipinski definition) is 1. The third-order valence-electron chi connectivity index (χ3n) is 6.48. The van der Waals surface area contributed by atoms with Crippen LogP contribution in [0.5, 0.6) is 0 Å². The van der Waals surface area contributed by atoms with Gasteiger partial charge < -0.3 is 20.3 Å². The monoisotopic (exact) mass is 377 g/mol. The van der Waals surface area contributed by atoms with Crippen LogP contribution in [0.3, 0.4) is 0 Å². The Morgan fingerprint density at radius 2 is 2.08 bits per heavy atom. The molecule has 2 atom stereocenters. The van der Waals surface area contributed by atoms with Gasteiger partial charge in [0.2, 0.25) is 0 Å². The van der Waals surface area contributed by atoms with E-state index in [9.17, 15) is 0 Å². The van der Waals surface area contributed by atoms with Crippen molar-refractivity contribution in [3.63, 3.8) is 0 Å². The predicted molar refractivity (Wildman–Crippen MR) is 107 cm³/mol. The van der Waals surface area contributed by atoms with E-state index in [0.717, 1.165) is 50.3 Å². The van der Waals surface area contributed by atoms with E-state index in [1.807, 2.05) is 11.6 Å². The second-order valence-electron chi connectivity index (χ2n) is 7.77. The van der Waals surface area contributed by atoms with Gasteiger partial charge in [0.05, 0.1) is 12.1 Å². The normalized spacial score (nSPS) is 29.0. The van der Waals surface area contributed by atoms with Crippen LogP contribution < -0.4 is 10.6 Å². The average molecular weight is 378 g/mol. The summed E-state index contributed by atoms with van der Waals surface area (Å²) in [5.74, 6) is 0.730. The SMILES string of the molecule is CCOC1CC(N=C(N)N2CCN(c3nccs3)CC2)C12CCCCC2. The first-order valence-corrected chi connectivity index (χ1v) is 10.9. The minimum absolute atomic E-state index is 0.252. The van der Waals surface area contributed by atoms with Crippen molar-refractivity contribution >= 4 is 22.4 Å². The highest BCUT2D eigenvalue weighted by Crippen LogP contribution is 2.54. The van der Waals surface area contributed by atoms with Crippen LogP contribution in [-0.2, 0) is 4.74 Å². The molecule has 6 nitrogen and oxygen atoms in total. The largest absolute Gasteiger partial charge is 0.378 e. The first kappa shape index (κ1) is 18.0. The molecule has 2 N–H and O–H groups in total. The number of rotatable bonds is 4. The van der Waals surface area contributed by atoms with Crippen LogP contribution in [-0.4, -0.2) is 60.8 Å². The molecule has 0 amide bonds. The van der Waals surface area contributed by atoms with Gasteiger partial charge in [0.25, 0.3) is 0 Å². The first-order chi connectivity index (χ1) is 12.7. The van der Waals surface area contributed by atoms with E-state index >= 15 is 0 Å².